The summed E-state index contributed by atoms with van der Waals surface area (Å²) in [5, 5.41) is 3.61. The van der Waals surface area contributed by atoms with Gasteiger partial charge in [0.2, 0.25) is 0 Å². The lowest BCUT2D eigenvalue weighted by atomic mass is 9.98. The Balaban J connectivity index is 1.07. The third kappa shape index (κ3) is 5.23. The molecule has 0 aliphatic carbocycles. The highest BCUT2D eigenvalue weighted by Crippen LogP contribution is 2.41. The Hall–Kier alpha value is -7.56. The summed E-state index contributed by atoms with van der Waals surface area (Å²) in [6, 6.07) is 71.2. The predicted octanol–water partition coefficient (Wildman–Crippen LogP) is 13.3. The van der Waals surface area contributed by atoms with E-state index in [1.807, 2.05) is 24.4 Å². The zero-order valence-corrected chi connectivity index (χ0v) is 30.4. The molecule has 0 amide bonds. The molecule has 0 saturated carbocycles. The predicted molar refractivity (Wildman–Crippen MR) is 232 cm³/mol. The fourth-order valence-electron chi connectivity index (χ4n) is 8.41. The van der Waals surface area contributed by atoms with E-state index in [9.17, 15) is 0 Å². The number of aromatic nitrogens is 4. The van der Waals surface area contributed by atoms with Crippen LogP contribution in [0.4, 0.5) is 0 Å². The maximum atomic E-state index is 5.10. The second kappa shape index (κ2) is 13.1. The van der Waals surface area contributed by atoms with E-state index in [4.69, 9.17) is 9.97 Å². The summed E-state index contributed by atoms with van der Waals surface area (Å²) in [5.41, 5.74) is 16.5. The zero-order valence-electron chi connectivity index (χ0n) is 30.4. The molecule has 0 N–H and O–H groups in total. The molecule has 0 aliphatic rings. The van der Waals surface area contributed by atoms with E-state index in [1.165, 1.54) is 32.9 Å². The molecule has 7 aromatic carbocycles. The van der Waals surface area contributed by atoms with Crippen LogP contribution in [0.2, 0.25) is 0 Å². The molecule has 0 saturated heterocycles. The second-order valence-corrected chi connectivity index (χ2v) is 14.2. The smallest absolute Gasteiger partial charge is 0.0963 e. The van der Waals surface area contributed by atoms with E-state index < -0.39 is 0 Å². The monoisotopic (exact) mass is 714 g/mol. The Morgan fingerprint density at radius 2 is 0.929 bits per heavy atom. The van der Waals surface area contributed by atoms with Crippen LogP contribution >= 0.6 is 0 Å². The van der Waals surface area contributed by atoms with E-state index in [1.54, 1.807) is 0 Å². The van der Waals surface area contributed by atoms with Crippen LogP contribution in [0.5, 0.6) is 0 Å². The minimum atomic E-state index is 0.953. The normalized spacial score (nSPS) is 11.6. The van der Waals surface area contributed by atoms with Gasteiger partial charge in [0.05, 0.1) is 39.0 Å². The molecule has 0 unspecified atom stereocenters. The number of benzene rings is 7. The largest absolute Gasteiger partial charge is 0.309 e. The molecule has 0 bridgehead atoms. The number of hydrogen-bond donors (Lipinski definition) is 0. The molecule has 0 aliphatic heterocycles. The van der Waals surface area contributed by atoms with E-state index in [0.29, 0.717) is 0 Å². The van der Waals surface area contributed by atoms with Crippen LogP contribution in [0, 0.1) is 0 Å². The molecule has 0 radical (unpaired) electrons. The molecule has 0 atom stereocenters. The average molecular weight is 715 g/mol. The molecule has 0 fully saturated rings. The molecule has 4 heterocycles. The van der Waals surface area contributed by atoms with Gasteiger partial charge in [-0.3, -0.25) is 4.98 Å². The van der Waals surface area contributed by atoms with Gasteiger partial charge >= 0.3 is 0 Å². The second-order valence-electron chi connectivity index (χ2n) is 14.2. The third-order valence-electron chi connectivity index (χ3n) is 11.0. The lowest BCUT2D eigenvalue weighted by Crippen LogP contribution is -1.95. The number of nitrogens with zero attached hydrogens (tertiary/aromatic N) is 4. The Labute approximate surface area is 324 Å². The van der Waals surface area contributed by atoms with E-state index >= 15 is 0 Å². The molecule has 11 rings (SSSR count). The number of hydrogen-bond acceptors (Lipinski definition) is 2. The van der Waals surface area contributed by atoms with Crippen molar-refractivity contribution in [1.82, 2.24) is 19.1 Å². The first-order chi connectivity index (χ1) is 27.8. The molecule has 11 aromatic rings. The fourth-order valence-corrected chi connectivity index (χ4v) is 8.41. The highest BCUT2D eigenvalue weighted by Gasteiger charge is 2.19. The third-order valence-corrected chi connectivity index (χ3v) is 11.0. The van der Waals surface area contributed by atoms with Crippen molar-refractivity contribution in [2.24, 2.45) is 0 Å². The van der Waals surface area contributed by atoms with Gasteiger partial charge in [-0.1, -0.05) is 127 Å². The van der Waals surface area contributed by atoms with Crippen LogP contribution in [0.15, 0.2) is 206 Å². The Morgan fingerprint density at radius 3 is 1.66 bits per heavy atom. The number of rotatable bonds is 6. The maximum absolute atomic E-state index is 5.10. The van der Waals surface area contributed by atoms with Crippen molar-refractivity contribution in [2.75, 3.05) is 0 Å². The van der Waals surface area contributed by atoms with Crippen molar-refractivity contribution in [3.8, 4) is 56.1 Å². The molecule has 4 aromatic heterocycles. The minimum Gasteiger partial charge on any atom is -0.309 e. The van der Waals surface area contributed by atoms with Crippen molar-refractivity contribution in [2.45, 2.75) is 0 Å². The van der Waals surface area contributed by atoms with Gasteiger partial charge in [0.1, 0.15) is 0 Å². The van der Waals surface area contributed by atoms with Gasteiger partial charge < -0.3 is 9.13 Å². The molecule has 262 valence electrons. The van der Waals surface area contributed by atoms with Crippen LogP contribution in [-0.2, 0) is 0 Å². The first-order valence-electron chi connectivity index (χ1n) is 19.0. The van der Waals surface area contributed by atoms with Crippen molar-refractivity contribution in [1.29, 1.82) is 0 Å². The van der Waals surface area contributed by atoms with Crippen LogP contribution < -0.4 is 0 Å². The maximum Gasteiger partial charge on any atom is 0.0963 e. The van der Waals surface area contributed by atoms with Gasteiger partial charge in [-0.15, -0.1) is 0 Å². The van der Waals surface area contributed by atoms with E-state index in [0.717, 1.165) is 67.0 Å². The SMILES string of the molecule is c1ccc(-c2cc(-c3ccc(-n4c5cc(-c6cccc7c6c6ccccc6n7-c6ccccc6)ccc5c5ncccc54)cc3)cc(-c3ccccc3)n2)cc1. The molecule has 4 heteroatoms. The summed E-state index contributed by atoms with van der Waals surface area (Å²) in [5.74, 6) is 0. The van der Waals surface area contributed by atoms with Gasteiger partial charge in [-0.05, 0) is 95.1 Å². The van der Waals surface area contributed by atoms with E-state index in [-0.39, 0.29) is 0 Å². The number of fused-ring (bicyclic) bond motifs is 6. The summed E-state index contributed by atoms with van der Waals surface area (Å²) in [4.78, 5) is 10.00. The lowest BCUT2D eigenvalue weighted by Gasteiger charge is -2.13. The van der Waals surface area contributed by atoms with Gasteiger partial charge in [0.15, 0.2) is 0 Å². The molecular formula is C52H34N4. The first-order valence-corrected chi connectivity index (χ1v) is 19.0. The Bertz CT molecular complexity index is 3160. The summed E-state index contributed by atoms with van der Waals surface area (Å²) >= 11 is 0. The average Bonchev–Trinajstić information content (AvgIpc) is 3.80. The van der Waals surface area contributed by atoms with Gasteiger partial charge in [0.25, 0.3) is 0 Å². The number of para-hydroxylation sites is 2. The van der Waals surface area contributed by atoms with Gasteiger partial charge in [-0.2, -0.15) is 0 Å². The Morgan fingerprint density at radius 1 is 0.339 bits per heavy atom. The quantitative estimate of drug-likeness (QED) is 0.172. The highest BCUT2D eigenvalue weighted by atomic mass is 15.0. The molecule has 0 spiro atoms. The van der Waals surface area contributed by atoms with Crippen LogP contribution in [-0.4, -0.2) is 19.1 Å². The highest BCUT2D eigenvalue weighted by molar-refractivity contribution is 6.17. The minimum absolute atomic E-state index is 0.953. The summed E-state index contributed by atoms with van der Waals surface area (Å²) < 4.78 is 4.74. The topological polar surface area (TPSA) is 35.6 Å². The van der Waals surface area contributed by atoms with Gasteiger partial charge in [0, 0.05) is 44.9 Å². The number of pyridine rings is 2. The van der Waals surface area contributed by atoms with Gasteiger partial charge in [-0.25, -0.2) is 4.98 Å². The van der Waals surface area contributed by atoms with Crippen molar-refractivity contribution in [3.05, 3.63) is 206 Å². The van der Waals surface area contributed by atoms with E-state index in [2.05, 4.69) is 191 Å². The standard InChI is InChI=1S/C52H34N4/c1-4-14-36(15-5-1)45-32-39(33-46(54-45)37-16-6-2-7-17-37)35-25-28-41(29-26-35)56-49-24-13-31-53-52(49)44-30-27-38(34-50(44)56)42-21-12-23-48-51(42)43-20-10-11-22-47(43)55(48)40-18-8-3-9-19-40/h1-34H. The molecule has 4 nitrogen and oxygen atoms in total. The fraction of sp³-hybridized carbons (Fsp3) is 0. The summed E-state index contributed by atoms with van der Waals surface area (Å²) in [6.45, 7) is 0. The molecular weight excluding hydrogens is 681 g/mol. The van der Waals surface area contributed by atoms with Crippen molar-refractivity contribution >= 4 is 43.7 Å². The van der Waals surface area contributed by atoms with Crippen molar-refractivity contribution in [3.63, 3.8) is 0 Å². The Kier molecular flexibility index (Phi) is 7.46. The summed E-state index contributed by atoms with van der Waals surface area (Å²) in [6.07, 6.45) is 1.89. The van der Waals surface area contributed by atoms with Crippen LogP contribution in [0.1, 0.15) is 0 Å². The van der Waals surface area contributed by atoms with Crippen molar-refractivity contribution < 1.29 is 0 Å². The zero-order chi connectivity index (χ0) is 37.0. The summed E-state index contributed by atoms with van der Waals surface area (Å²) in [7, 11) is 0. The van der Waals surface area contributed by atoms with Crippen LogP contribution in [0.3, 0.4) is 0 Å². The first kappa shape index (κ1) is 31.9. The van der Waals surface area contributed by atoms with Crippen LogP contribution in [0.25, 0.3) is 99.9 Å². The molecule has 56 heavy (non-hydrogen) atoms. The lowest BCUT2D eigenvalue weighted by molar-refractivity contribution is 1.17.